The molecule has 2 aromatic carbocycles. The molecule has 2 aliphatic rings. The number of rotatable bonds is 6. The first-order valence-corrected chi connectivity index (χ1v) is 9.62. The van der Waals surface area contributed by atoms with Crippen molar-refractivity contribution >= 4 is 11.7 Å². The number of nitrogens with zero attached hydrogens (tertiary/aromatic N) is 1. The Hall–Kier alpha value is -3.15. The van der Waals surface area contributed by atoms with Gasteiger partial charge in [-0.2, -0.15) is 8.78 Å². The predicted octanol–water partition coefficient (Wildman–Crippen LogP) is 2.72. The molecule has 0 amide bonds. The van der Waals surface area contributed by atoms with Gasteiger partial charge in [0.25, 0.3) is 5.69 Å². The second-order valence-corrected chi connectivity index (χ2v) is 7.52. The Kier molecular flexibility index (Phi) is 5.81. The van der Waals surface area contributed by atoms with Gasteiger partial charge in [-0.25, -0.2) is 10.9 Å². The lowest BCUT2D eigenvalue weighted by atomic mass is 9.75. The molecule has 0 radical (unpaired) electrons. The molecule has 5 atom stereocenters. The number of benzene rings is 2. The Bertz CT molecular complexity index is 974. The van der Waals surface area contributed by atoms with Gasteiger partial charge in [0, 0.05) is 24.1 Å². The predicted molar refractivity (Wildman–Crippen MR) is 104 cm³/mol. The van der Waals surface area contributed by atoms with Crippen LogP contribution in [0.1, 0.15) is 29.6 Å². The van der Waals surface area contributed by atoms with Crippen LogP contribution in [0.25, 0.3) is 0 Å². The highest BCUT2D eigenvalue weighted by Gasteiger charge is 2.49. The number of aliphatic carboxylic acids is 1. The lowest BCUT2D eigenvalue weighted by Gasteiger charge is -2.39. The first kappa shape index (κ1) is 21.1. The van der Waals surface area contributed by atoms with Gasteiger partial charge in [0.15, 0.2) is 0 Å². The number of nitrogens with one attached hydrogen (secondary N) is 3. The van der Waals surface area contributed by atoms with Crippen LogP contribution in [0.4, 0.5) is 14.5 Å². The molecule has 4 N–H and O–H groups in total. The van der Waals surface area contributed by atoms with Crippen molar-refractivity contribution in [2.75, 3.05) is 0 Å². The average molecular weight is 434 g/mol. The molecule has 31 heavy (non-hydrogen) atoms. The Labute approximate surface area is 175 Å². The zero-order valence-corrected chi connectivity index (χ0v) is 16.1. The molecule has 2 fully saturated rings. The number of halogens is 2. The molecule has 0 aromatic heterocycles. The normalized spacial score (nSPS) is 27.6. The van der Waals surface area contributed by atoms with E-state index in [1.54, 1.807) is 24.3 Å². The SMILES string of the molecule is O=C(O)C1CC(c2ccc(OC(F)F)cc2)NC2NNC(c3cccc([N+](=O)[O-])c3)C21. The third-order valence-corrected chi connectivity index (χ3v) is 5.76. The highest BCUT2D eigenvalue weighted by atomic mass is 19.3. The summed E-state index contributed by atoms with van der Waals surface area (Å²) >= 11 is 0. The fraction of sp³-hybridized carbons (Fsp3) is 0.350. The zero-order chi connectivity index (χ0) is 22.1. The van der Waals surface area contributed by atoms with Gasteiger partial charge in [-0.3, -0.25) is 20.2 Å². The van der Waals surface area contributed by atoms with Crippen LogP contribution in [0.15, 0.2) is 48.5 Å². The van der Waals surface area contributed by atoms with E-state index in [1.807, 2.05) is 0 Å². The van der Waals surface area contributed by atoms with Crippen LogP contribution in [0.3, 0.4) is 0 Å². The number of carboxylic acid groups (broad SMARTS) is 1. The molecule has 0 aliphatic carbocycles. The Balaban J connectivity index is 1.57. The molecule has 0 spiro atoms. The summed E-state index contributed by atoms with van der Waals surface area (Å²) in [6.07, 6.45) is -0.151. The molecule has 9 nitrogen and oxygen atoms in total. The van der Waals surface area contributed by atoms with Gasteiger partial charge in [0.1, 0.15) is 5.75 Å². The minimum absolute atomic E-state index is 0.0219. The van der Waals surface area contributed by atoms with Crippen LogP contribution in [0.2, 0.25) is 0 Å². The smallest absolute Gasteiger partial charge is 0.387 e. The first-order valence-electron chi connectivity index (χ1n) is 9.62. The van der Waals surface area contributed by atoms with Gasteiger partial charge < -0.3 is 9.84 Å². The zero-order valence-electron chi connectivity index (χ0n) is 16.1. The summed E-state index contributed by atoms with van der Waals surface area (Å²) in [7, 11) is 0. The van der Waals surface area contributed by atoms with Crippen molar-refractivity contribution in [3.8, 4) is 5.75 Å². The number of carbonyl (C=O) groups is 1. The van der Waals surface area contributed by atoms with Crippen LogP contribution in [-0.2, 0) is 4.79 Å². The van der Waals surface area contributed by atoms with E-state index in [0.717, 1.165) is 5.56 Å². The summed E-state index contributed by atoms with van der Waals surface area (Å²) in [6.45, 7) is -2.92. The number of piperidine rings is 1. The average Bonchev–Trinajstić information content (AvgIpc) is 3.17. The molecular formula is C20H20F2N4O5. The van der Waals surface area contributed by atoms with Crippen molar-refractivity contribution in [3.63, 3.8) is 0 Å². The Morgan fingerprint density at radius 1 is 1.16 bits per heavy atom. The molecule has 11 heteroatoms. The van der Waals surface area contributed by atoms with E-state index in [-0.39, 0.29) is 23.9 Å². The highest BCUT2D eigenvalue weighted by Crippen LogP contribution is 2.43. The third kappa shape index (κ3) is 4.33. The van der Waals surface area contributed by atoms with E-state index >= 15 is 0 Å². The highest BCUT2D eigenvalue weighted by molar-refractivity contribution is 5.71. The molecule has 2 heterocycles. The van der Waals surface area contributed by atoms with E-state index in [2.05, 4.69) is 20.9 Å². The third-order valence-electron chi connectivity index (χ3n) is 5.76. The number of non-ortho nitro benzene ring substituents is 1. The van der Waals surface area contributed by atoms with E-state index in [4.69, 9.17) is 0 Å². The fourth-order valence-electron chi connectivity index (χ4n) is 4.39. The van der Waals surface area contributed by atoms with Gasteiger partial charge in [-0.1, -0.05) is 24.3 Å². The van der Waals surface area contributed by atoms with Crippen molar-refractivity contribution in [1.82, 2.24) is 16.2 Å². The molecular weight excluding hydrogens is 414 g/mol. The number of hydrogen-bond acceptors (Lipinski definition) is 7. The number of nitro benzene ring substituents is 1. The standard InChI is InChI=1S/C20H20F2N4O5/c21-20(22)31-13-6-4-10(5-7-13)15-9-14(19(27)28)16-17(24-25-18(16)23-15)11-2-1-3-12(8-11)26(29)30/h1-8,14-18,20,23-25H,9H2,(H,27,28). The second-order valence-electron chi connectivity index (χ2n) is 7.52. The molecule has 2 aromatic rings. The number of hydrogen-bond donors (Lipinski definition) is 4. The van der Waals surface area contributed by atoms with Crippen LogP contribution in [0, 0.1) is 22.0 Å². The van der Waals surface area contributed by atoms with Crippen LogP contribution in [0.5, 0.6) is 5.75 Å². The van der Waals surface area contributed by atoms with Crippen molar-refractivity contribution in [1.29, 1.82) is 0 Å². The second kappa shape index (κ2) is 8.53. The number of nitro groups is 1. The summed E-state index contributed by atoms with van der Waals surface area (Å²) in [5.74, 6) is -2.11. The van der Waals surface area contributed by atoms with Crippen molar-refractivity contribution in [3.05, 3.63) is 69.8 Å². The van der Waals surface area contributed by atoms with Gasteiger partial charge in [-0.05, 0) is 29.7 Å². The lowest BCUT2D eigenvalue weighted by Crippen LogP contribution is -2.53. The number of ether oxygens (including phenoxy) is 1. The molecule has 0 bridgehead atoms. The maximum Gasteiger partial charge on any atom is 0.387 e. The van der Waals surface area contributed by atoms with E-state index in [1.165, 1.54) is 24.3 Å². The Morgan fingerprint density at radius 3 is 2.55 bits per heavy atom. The summed E-state index contributed by atoms with van der Waals surface area (Å²) in [5.41, 5.74) is 7.42. The first-order chi connectivity index (χ1) is 14.8. The fourth-order valence-corrected chi connectivity index (χ4v) is 4.39. The minimum atomic E-state index is -2.92. The lowest BCUT2D eigenvalue weighted by molar-refractivity contribution is -0.384. The monoisotopic (exact) mass is 434 g/mol. The summed E-state index contributed by atoms with van der Waals surface area (Å²) in [5, 5.41) is 24.4. The van der Waals surface area contributed by atoms with E-state index < -0.39 is 41.5 Å². The maximum absolute atomic E-state index is 12.4. The van der Waals surface area contributed by atoms with Crippen LogP contribution >= 0.6 is 0 Å². The summed E-state index contributed by atoms with van der Waals surface area (Å²) in [4.78, 5) is 22.7. The summed E-state index contributed by atoms with van der Waals surface area (Å²) in [6, 6.07) is 11.4. The molecule has 164 valence electrons. The van der Waals surface area contributed by atoms with Gasteiger partial charge in [0.2, 0.25) is 0 Å². The number of hydrazine groups is 1. The maximum atomic E-state index is 12.4. The van der Waals surface area contributed by atoms with Crippen LogP contribution < -0.4 is 20.9 Å². The molecule has 4 rings (SSSR count). The largest absolute Gasteiger partial charge is 0.481 e. The molecule has 2 aliphatic heterocycles. The van der Waals surface area contributed by atoms with Gasteiger partial charge >= 0.3 is 12.6 Å². The molecule has 2 saturated heterocycles. The number of alkyl halides is 2. The summed E-state index contributed by atoms with van der Waals surface area (Å²) < 4.78 is 29.1. The Morgan fingerprint density at radius 2 is 1.90 bits per heavy atom. The quantitative estimate of drug-likeness (QED) is 0.404. The molecule has 0 saturated carbocycles. The van der Waals surface area contributed by atoms with Crippen molar-refractivity contribution < 1.29 is 28.3 Å². The number of carboxylic acids is 1. The van der Waals surface area contributed by atoms with E-state index in [9.17, 15) is 28.8 Å². The number of fused-ring (bicyclic) bond motifs is 1. The van der Waals surface area contributed by atoms with Crippen LogP contribution in [-0.4, -0.2) is 28.8 Å². The van der Waals surface area contributed by atoms with Gasteiger partial charge in [0.05, 0.1) is 23.0 Å². The minimum Gasteiger partial charge on any atom is -0.481 e. The van der Waals surface area contributed by atoms with E-state index in [0.29, 0.717) is 5.56 Å². The van der Waals surface area contributed by atoms with Crippen molar-refractivity contribution in [2.24, 2.45) is 11.8 Å². The van der Waals surface area contributed by atoms with Gasteiger partial charge in [-0.15, -0.1) is 0 Å². The topological polar surface area (TPSA) is 126 Å². The van der Waals surface area contributed by atoms with Crippen molar-refractivity contribution in [2.45, 2.75) is 31.3 Å². The molecule has 5 unspecified atom stereocenters.